The van der Waals surface area contributed by atoms with Gasteiger partial charge in [0, 0.05) is 43.7 Å². The number of rotatable bonds is 6. The van der Waals surface area contributed by atoms with Crippen LogP contribution in [-0.4, -0.2) is 54.9 Å². The van der Waals surface area contributed by atoms with Gasteiger partial charge >= 0.3 is 12.3 Å². The number of carbonyl (C=O) groups excluding carboxylic acids is 1. The molecule has 0 unspecified atom stereocenters. The van der Waals surface area contributed by atoms with Crippen LogP contribution in [0.5, 0.6) is 0 Å². The highest BCUT2D eigenvalue weighted by Crippen LogP contribution is 2.31. The number of aromatic nitrogens is 2. The smallest absolute Gasteiger partial charge is 0.416 e. The van der Waals surface area contributed by atoms with Gasteiger partial charge in [0.1, 0.15) is 6.10 Å². The molecule has 11 heteroatoms. The van der Waals surface area contributed by atoms with Gasteiger partial charge in [0.25, 0.3) is 0 Å². The predicted molar refractivity (Wildman–Crippen MR) is 129 cm³/mol. The number of benzene rings is 2. The molecular formula is C26H26F3N3O5. The molecule has 1 aliphatic rings. The summed E-state index contributed by atoms with van der Waals surface area (Å²) in [4.78, 5) is 21.1. The van der Waals surface area contributed by atoms with E-state index in [2.05, 4.69) is 15.3 Å². The Bertz CT molecular complexity index is 1210. The summed E-state index contributed by atoms with van der Waals surface area (Å²) in [5.41, 5.74) is 1.50. The normalized spacial score (nSPS) is 21.9. The summed E-state index contributed by atoms with van der Waals surface area (Å²) in [7, 11) is 3.10. The molecule has 0 bridgehead atoms. The quantitative estimate of drug-likeness (QED) is 0.459. The molecule has 4 rings (SSSR count). The standard InChI is InChI=1S/C26H26F3N3O5/c1-15-21(34-2)14-22(35-3)24(36-15)37-25(33)31-19-10-6-16(7-11-19)20-12-13-30-23(32-20)17-4-8-18(9-5-17)26(27,28)29/h4-13,15,21-22,24H,14H2,1-3H3,(H,31,33)/t15-,21+,22+,24-/m0/s1. The van der Waals surface area contributed by atoms with Crippen molar-refractivity contribution in [3.63, 3.8) is 0 Å². The Morgan fingerprint density at radius 1 is 0.973 bits per heavy atom. The number of nitrogens with zero attached hydrogens (tertiary/aromatic N) is 2. The topological polar surface area (TPSA) is 91.8 Å². The van der Waals surface area contributed by atoms with Crippen LogP contribution >= 0.6 is 0 Å². The molecule has 1 fully saturated rings. The Labute approximate surface area is 211 Å². The minimum atomic E-state index is -4.41. The van der Waals surface area contributed by atoms with E-state index in [1.807, 2.05) is 6.92 Å². The van der Waals surface area contributed by atoms with Gasteiger partial charge in [-0.05, 0) is 37.3 Å². The Morgan fingerprint density at radius 3 is 2.24 bits per heavy atom. The predicted octanol–water partition coefficient (Wildman–Crippen LogP) is 5.54. The second-order valence-corrected chi connectivity index (χ2v) is 8.44. The first-order chi connectivity index (χ1) is 17.7. The highest BCUT2D eigenvalue weighted by molar-refractivity contribution is 5.85. The Hall–Kier alpha value is -3.54. The van der Waals surface area contributed by atoms with E-state index in [0.29, 0.717) is 29.2 Å². The van der Waals surface area contributed by atoms with Crippen molar-refractivity contribution in [2.45, 2.75) is 44.1 Å². The molecule has 0 spiro atoms. The van der Waals surface area contributed by atoms with Crippen molar-refractivity contribution in [1.29, 1.82) is 0 Å². The van der Waals surface area contributed by atoms with Crippen LogP contribution in [0.4, 0.5) is 23.7 Å². The molecule has 2 heterocycles. The fourth-order valence-electron chi connectivity index (χ4n) is 3.96. The van der Waals surface area contributed by atoms with Gasteiger partial charge in [-0.25, -0.2) is 14.8 Å². The van der Waals surface area contributed by atoms with Crippen LogP contribution in [0.15, 0.2) is 60.8 Å². The third-order valence-corrected chi connectivity index (χ3v) is 6.02. The average Bonchev–Trinajstić information content (AvgIpc) is 2.89. The van der Waals surface area contributed by atoms with Gasteiger partial charge in [0.15, 0.2) is 5.82 Å². The van der Waals surface area contributed by atoms with E-state index in [4.69, 9.17) is 18.9 Å². The molecule has 1 saturated heterocycles. The molecule has 1 aromatic heterocycles. The zero-order valence-electron chi connectivity index (χ0n) is 20.4. The van der Waals surface area contributed by atoms with E-state index < -0.39 is 30.2 Å². The second-order valence-electron chi connectivity index (χ2n) is 8.44. The fraction of sp³-hybridized carbons (Fsp3) is 0.346. The summed E-state index contributed by atoms with van der Waals surface area (Å²) in [6.45, 7) is 1.84. The zero-order chi connectivity index (χ0) is 26.6. The Kier molecular flexibility index (Phi) is 8.06. The van der Waals surface area contributed by atoms with E-state index in [-0.39, 0.29) is 12.2 Å². The number of methoxy groups -OCH3 is 2. The molecule has 0 radical (unpaired) electrons. The summed E-state index contributed by atoms with van der Waals surface area (Å²) in [6, 6.07) is 13.2. The van der Waals surface area contributed by atoms with E-state index in [9.17, 15) is 18.0 Å². The minimum absolute atomic E-state index is 0.165. The van der Waals surface area contributed by atoms with Crippen molar-refractivity contribution in [3.8, 4) is 22.6 Å². The number of hydrogen-bond acceptors (Lipinski definition) is 7. The lowest BCUT2D eigenvalue weighted by Crippen LogP contribution is -2.49. The van der Waals surface area contributed by atoms with Gasteiger partial charge in [-0.15, -0.1) is 0 Å². The van der Waals surface area contributed by atoms with Crippen molar-refractivity contribution < 1.29 is 36.9 Å². The molecule has 4 atom stereocenters. The minimum Gasteiger partial charge on any atom is -0.416 e. The summed E-state index contributed by atoms with van der Waals surface area (Å²) >= 11 is 0. The largest absolute Gasteiger partial charge is 0.416 e. The summed E-state index contributed by atoms with van der Waals surface area (Å²) < 4.78 is 60.4. The zero-order valence-corrected chi connectivity index (χ0v) is 20.4. The molecule has 8 nitrogen and oxygen atoms in total. The van der Waals surface area contributed by atoms with E-state index in [1.54, 1.807) is 37.4 Å². The molecular weight excluding hydrogens is 491 g/mol. The van der Waals surface area contributed by atoms with E-state index >= 15 is 0 Å². The lowest BCUT2D eigenvalue weighted by Gasteiger charge is -2.37. The first-order valence-electron chi connectivity index (χ1n) is 11.5. The number of amides is 1. The summed E-state index contributed by atoms with van der Waals surface area (Å²) in [5.74, 6) is 0.294. The van der Waals surface area contributed by atoms with E-state index in [1.165, 1.54) is 25.4 Å². The summed E-state index contributed by atoms with van der Waals surface area (Å²) in [6.07, 6.45) is -4.84. The Morgan fingerprint density at radius 2 is 1.62 bits per heavy atom. The van der Waals surface area contributed by atoms with Crippen LogP contribution < -0.4 is 5.32 Å². The number of alkyl halides is 3. The Balaban J connectivity index is 1.40. The van der Waals surface area contributed by atoms with E-state index in [0.717, 1.165) is 17.7 Å². The molecule has 37 heavy (non-hydrogen) atoms. The SMILES string of the molecule is CO[C@@H]1C[C@@H](OC)[C@H](C)O[C@H]1OC(=O)Nc1ccc(-c2ccnc(-c3ccc(C(F)(F)F)cc3)n2)cc1. The van der Waals surface area contributed by atoms with Crippen LogP contribution in [-0.2, 0) is 25.1 Å². The molecule has 196 valence electrons. The maximum absolute atomic E-state index is 12.8. The molecule has 1 N–H and O–H groups in total. The van der Waals surface area contributed by atoms with Crippen LogP contribution in [0, 0.1) is 0 Å². The van der Waals surface area contributed by atoms with Gasteiger partial charge in [-0.3, -0.25) is 5.32 Å². The van der Waals surface area contributed by atoms with Crippen molar-refractivity contribution in [1.82, 2.24) is 9.97 Å². The van der Waals surface area contributed by atoms with Gasteiger partial charge < -0.3 is 18.9 Å². The number of carbonyl (C=O) groups is 1. The number of halogens is 3. The highest BCUT2D eigenvalue weighted by Gasteiger charge is 2.38. The fourth-order valence-corrected chi connectivity index (χ4v) is 3.96. The number of hydrogen-bond donors (Lipinski definition) is 1. The van der Waals surface area contributed by atoms with Crippen molar-refractivity contribution in [2.24, 2.45) is 0 Å². The number of ether oxygens (including phenoxy) is 4. The van der Waals surface area contributed by atoms with Gasteiger partial charge in [0.2, 0.25) is 6.29 Å². The van der Waals surface area contributed by atoms with Crippen LogP contribution in [0.2, 0.25) is 0 Å². The molecule has 3 aromatic rings. The van der Waals surface area contributed by atoms with Gasteiger partial charge in [-0.1, -0.05) is 24.3 Å². The first-order valence-corrected chi connectivity index (χ1v) is 11.5. The average molecular weight is 518 g/mol. The monoisotopic (exact) mass is 517 g/mol. The van der Waals surface area contributed by atoms with Crippen LogP contribution in [0.1, 0.15) is 18.9 Å². The first kappa shape index (κ1) is 26.5. The molecule has 0 aliphatic carbocycles. The number of anilines is 1. The van der Waals surface area contributed by atoms with Crippen LogP contribution in [0.25, 0.3) is 22.6 Å². The lowest BCUT2D eigenvalue weighted by molar-refractivity contribution is -0.247. The second kappa shape index (κ2) is 11.2. The lowest BCUT2D eigenvalue weighted by atomic mass is 10.0. The van der Waals surface area contributed by atoms with Crippen molar-refractivity contribution in [2.75, 3.05) is 19.5 Å². The number of nitrogens with one attached hydrogen (secondary N) is 1. The van der Waals surface area contributed by atoms with Crippen molar-refractivity contribution >= 4 is 11.8 Å². The maximum Gasteiger partial charge on any atom is 0.416 e. The third kappa shape index (κ3) is 6.43. The van der Waals surface area contributed by atoms with Crippen LogP contribution in [0.3, 0.4) is 0 Å². The van der Waals surface area contributed by atoms with Gasteiger partial charge in [0.05, 0.1) is 23.5 Å². The molecule has 0 saturated carbocycles. The van der Waals surface area contributed by atoms with Crippen molar-refractivity contribution in [3.05, 3.63) is 66.4 Å². The molecule has 1 aliphatic heterocycles. The van der Waals surface area contributed by atoms with Gasteiger partial charge in [-0.2, -0.15) is 13.2 Å². The third-order valence-electron chi connectivity index (χ3n) is 6.02. The molecule has 2 aromatic carbocycles. The summed E-state index contributed by atoms with van der Waals surface area (Å²) in [5, 5.41) is 2.65. The molecule has 1 amide bonds. The maximum atomic E-state index is 12.8. The highest BCUT2D eigenvalue weighted by atomic mass is 19.4.